The summed E-state index contributed by atoms with van der Waals surface area (Å²) < 4.78 is 0. The molecule has 0 saturated carbocycles. The van der Waals surface area contributed by atoms with Crippen LogP contribution in [0.5, 0.6) is 5.75 Å². The SMILES string of the molecule is O=C(O)C1CCSCC1c1ccccc1O. The normalized spacial score (nSPS) is 25.2. The number of phenols is 1. The highest BCUT2D eigenvalue weighted by Crippen LogP contribution is 2.39. The van der Waals surface area contributed by atoms with Crippen LogP contribution in [0.3, 0.4) is 0 Å². The summed E-state index contributed by atoms with van der Waals surface area (Å²) in [7, 11) is 0. The fraction of sp³-hybridized carbons (Fsp3) is 0.417. The summed E-state index contributed by atoms with van der Waals surface area (Å²) >= 11 is 1.75. The number of carbonyl (C=O) groups is 1. The van der Waals surface area contributed by atoms with Crippen LogP contribution in [0.1, 0.15) is 17.9 Å². The number of aromatic hydroxyl groups is 1. The molecule has 1 aliphatic rings. The lowest BCUT2D eigenvalue weighted by atomic mass is 9.85. The zero-order valence-corrected chi connectivity index (χ0v) is 9.61. The van der Waals surface area contributed by atoms with Crippen LogP contribution in [0, 0.1) is 5.92 Å². The highest BCUT2D eigenvalue weighted by molar-refractivity contribution is 7.99. The van der Waals surface area contributed by atoms with E-state index >= 15 is 0 Å². The van der Waals surface area contributed by atoms with Gasteiger partial charge in [0.25, 0.3) is 0 Å². The van der Waals surface area contributed by atoms with Gasteiger partial charge in [-0.2, -0.15) is 11.8 Å². The number of para-hydroxylation sites is 1. The van der Waals surface area contributed by atoms with Gasteiger partial charge in [0.2, 0.25) is 0 Å². The molecule has 0 bridgehead atoms. The lowest BCUT2D eigenvalue weighted by Gasteiger charge is -2.28. The summed E-state index contributed by atoms with van der Waals surface area (Å²) in [4.78, 5) is 11.2. The summed E-state index contributed by atoms with van der Waals surface area (Å²) in [5, 5.41) is 18.9. The van der Waals surface area contributed by atoms with E-state index in [4.69, 9.17) is 5.11 Å². The summed E-state index contributed by atoms with van der Waals surface area (Å²) in [5.74, 6) is 0.678. The maximum atomic E-state index is 11.2. The average molecular weight is 238 g/mol. The molecule has 0 aromatic heterocycles. The number of hydrogen-bond acceptors (Lipinski definition) is 3. The number of carboxylic acids is 1. The first kappa shape index (κ1) is 11.3. The van der Waals surface area contributed by atoms with Crippen LogP contribution >= 0.6 is 11.8 Å². The third-order valence-electron chi connectivity index (χ3n) is 3.01. The quantitative estimate of drug-likeness (QED) is 0.830. The molecule has 1 aromatic carbocycles. The minimum Gasteiger partial charge on any atom is -0.508 e. The van der Waals surface area contributed by atoms with E-state index < -0.39 is 5.97 Å². The Kier molecular flexibility index (Phi) is 3.39. The minimum atomic E-state index is -0.756. The number of hydrogen-bond donors (Lipinski definition) is 2. The molecule has 2 N–H and O–H groups in total. The Hall–Kier alpha value is -1.16. The molecule has 4 heteroatoms. The largest absolute Gasteiger partial charge is 0.508 e. The van der Waals surface area contributed by atoms with Crippen molar-refractivity contribution in [3.63, 3.8) is 0 Å². The fourth-order valence-electron chi connectivity index (χ4n) is 2.14. The van der Waals surface area contributed by atoms with Gasteiger partial charge in [0, 0.05) is 11.7 Å². The molecule has 1 heterocycles. The smallest absolute Gasteiger partial charge is 0.307 e. The van der Waals surface area contributed by atoms with Gasteiger partial charge < -0.3 is 10.2 Å². The summed E-state index contributed by atoms with van der Waals surface area (Å²) in [6, 6.07) is 7.03. The molecule has 2 unspecified atom stereocenters. The third kappa shape index (κ3) is 2.16. The van der Waals surface area contributed by atoms with Gasteiger partial charge in [-0.1, -0.05) is 18.2 Å². The van der Waals surface area contributed by atoms with Crippen LogP contribution in [0.15, 0.2) is 24.3 Å². The molecule has 2 atom stereocenters. The van der Waals surface area contributed by atoms with Gasteiger partial charge in [0.05, 0.1) is 5.92 Å². The molecule has 3 nitrogen and oxygen atoms in total. The summed E-state index contributed by atoms with van der Waals surface area (Å²) in [6.07, 6.45) is 0.680. The Morgan fingerprint density at radius 1 is 1.38 bits per heavy atom. The second-order valence-electron chi connectivity index (χ2n) is 3.97. The highest BCUT2D eigenvalue weighted by atomic mass is 32.2. The molecule has 0 spiro atoms. The van der Waals surface area contributed by atoms with Crippen LogP contribution < -0.4 is 0 Å². The number of rotatable bonds is 2. The number of benzene rings is 1. The van der Waals surface area contributed by atoms with Crippen LogP contribution in [0.25, 0.3) is 0 Å². The zero-order valence-electron chi connectivity index (χ0n) is 8.80. The predicted octanol–water partition coefficient (Wildman–Crippen LogP) is 2.31. The van der Waals surface area contributed by atoms with Gasteiger partial charge in [-0.3, -0.25) is 4.79 Å². The monoisotopic (exact) mass is 238 g/mol. The highest BCUT2D eigenvalue weighted by Gasteiger charge is 2.33. The van der Waals surface area contributed by atoms with Crippen molar-refractivity contribution in [3.05, 3.63) is 29.8 Å². The molecule has 1 saturated heterocycles. The zero-order chi connectivity index (χ0) is 11.5. The van der Waals surface area contributed by atoms with E-state index in [0.29, 0.717) is 6.42 Å². The minimum absolute atomic E-state index is 0.0718. The Balaban J connectivity index is 2.30. The van der Waals surface area contributed by atoms with Crippen LogP contribution in [-0.4, -0.2) is 27.7 Å². The molecular formula is C12H14O3S. The fourth-order valence-corrected chi connectivity index (χ4v) is 3.39. The maximum absolute atomic E-state index is 11.2. The number of aliphatic carboxylic acids is 1. The Morgan fingerprint density at radius 2 is 2.12 bits per heavy atom. The number of thioether (sulfide) groups is 1. The van der Waals surface area contributed by atoms with Crippen LogP contribution in [0.4, 0.5) is 0 Å². The van der Waals surface area contributed by atoms with Crippen molar-refractivity contribution in [1.82, 2.24) is 0 Å². The van der Waals surface area contributed by atoms with Crippen molar-refractivity contribution in [2.45, 2.75) is 12.3 Å². The first-order valence-corrected chi connectivity index (χ1v) is 6.44. The van der Waals surface area contributed by atoms with Gasteiger partial charge >= 0.3 is 5.97 Å². The first-order valence-electron chi connectivity index (χ1n) is 5.28. The average Bonchev–Trinajstić information content (AvgIpc) is 2.29. The number of carboxylic acid groups (broad SMARTS) is 1. The Bertz CT molecular complexity index is 392. The molecule has 2 rings (SSSR count). The van der Waals surface area contributed by atoms with E-state index in [9.17, 15) is 9.90 Å². The van der Waals surface area contributed by atoms with Crippen molar-refractivity contribution in [2.24, 2.45) is 5.92 Å². The van der Waals surface area contributed by atoms with Gasteiger partial charge in [-0.25, -0.2) is 0 Å². The second kappa shape index (κ2) is 4.78. The van der Waals surface area contributed by atoms with Crippen molar-refractivity contribution >= 4 is 17.7 Å². The van der Waals surface area contributed by atoms with Gasteiger partial charge in [0.15, 0.2) is 0 Å². The summed E-state index contributed by atoms with van der Waals surface area (Å²) in [5.41, 5.74) is 0.766. The molecule has 0 radical (unpaired) electrons. The maximum Gasteiger partial charge on any atom is 0.307 e. The van der Waals surface area contributed by atoms with Gasteiger partial charge in [0.1, 0.15) is 5.75 Å². The molecule has 16 heavy (non-hydrogen) atoms. The second-order valence-corrected chi connectivity index (χ2v) is 5.12. The van der Waals surface area contributed by atoms with E-state index in [1.165, 1.54) is 0 Å². The number of phenolic OH excluding ortho intramolecular Hbond substituents is 1. The van der Waals surface area contributed by atoms with E-state index in [1.54, 1.807) is 23.9 Å². The van der Waals surface area contributed by atoms with Crippen molar-refractivity contribution in [2.75, 3.05) is 11.5 Å². The van der Waals surface area contributed by atoms with E-state index in [-0.39, 0.29) is 17.6 Å². The van der Waals surface area contributed by atoms with Crippen molar-refractivity contribution < 1.29 is 15.0 Å². The van der Waals surface area contributed by atoms with Crippen LogP contribution in [0.2, 0.25) is 0 Å². The molecular weight excluding hydrogens is 224 g/mol. The van der Waals surface area contributed by atoms with Gasteiger partial charge in [-0.15, -0.1) is 0 Å². The molecule has 86 valence electrons. The molecule has 1 fully saturated rings. The van der Waals surface area contributed by atoms with Crippen LogP contribution in [-0.2, 0) is 4.79 Å². The van der Waals surface area contributed by atoms with Gasteiger partial charge in [-0.05, 0) is 23.8 Å². The predicted molar refractivity (Wildman–Crippen MR) is 63.9 cm³/mol. The lowest BCUT2D eigenvalue weighted by molar-refractivity contribution is -0.142. The molecule has 0 aliphatic carbocycles. The Labute approximate surface area is 98.5 Å². The van der Waals surface area contributed by atoms with Crippen molar-refractivity contribution in [3.8, 4) is 5.75 Å². The topological polar surface area (TPSA) is 57.5 Å². The van der Waals surface area contributed by atoms with E-state index in [0.717, 1.165) is 17.1 Å². The van der Waals surface area contributed by atoms with Crippen molar-refractivity contribution in [1.29, 1.82) is 0 Å². The summed E-state index contributed by atoms with van der Waals surface area (Å²) in [6.45, 7) is 0. The first-order chi connectivity index (χ1) is 7.70. The molecule has 0 amide bonds. The molecule has 1 aromatic rings. The van der Waals surface area contributed by atoms with E-state index in [2.05, 4.69) is 0 Å². The molecule has 1 aliphatic heterocycles. The lowest BCUT2D eigenvalue weighted by Crippen LogP contribution is -2.28. The Morgan fingerprint density at radius 3 is 2.81 bits per heavy atom. The van der Waals surface area contributed by atoms with E-state index in [1.807, 2.05) is 12.1 Å². The standard InChI is InChI=1S/C12H14O3S/c13-11-4-2-1-3-8(11)10-7-16-6-5-9(10)12(14)15/h1-4,9-10,13H,5-7H2,(H,14,15). The third-order valence-corrected chi connectivity index (χ3v) is 4.13.